The van der Waals surface area contributed by atoms with Gasteiger partial charge in [-0.25, -0.2) is 4.39 Å². The van der Waals surface area contributed by atoms with Crippen LogP contribution in [0.15, 0.2) is 66.7 Å². The summed E-state index contributed by atoms with van der Waals surface area (Å²) in [5.41, 5.74) is 5.41. The number of benzene rings is 2. The first-order chi connectivity index (χ1) is 15.4. The molecule has 0 unspecified atom stereocenters. The first-order valence-corrected chi connectivity index (χ1v) is 10.8. The molecule has 2 aromatic carbocycles. The summed E-state index contributed by atoms with van der Waals surface area (Å²) in [7, 11) is 0. The van der Waals surface area contributed by atoms with Gasteiger partial charge in [0.2, 0.25) is 0 Å². The Balaban J connectivity index is 1.85. The molecular formula is C27H26FNO3. The highest BCUT2D eigenvalue weighted by Gasteiger charge is 2.25. The first kappa shape index (κ1) is 21.9. The average molecular weight is 432 g/mol. The predicted molar refractivity (Wildman–Crippen MR) is 123 cm³/mol. The third-order valence-electron chi connectivity index (χ3n) is 5.53. The van der Waals surface area contributed by atoms with Gasteiger partial charge in [0.25, 0.3) is 0 Å². The average Bonchev–Trinajstić information content (AvgIpc) is 2.77. The number of hydrogen-bond donors (Lipinski definition) is 1. The molecule has 1 saturated heterocycles. The minimum absolute atomic E-state index is 0.0236. The number of aliphatic hydroxyl groups excluding tert-OH is 1. The molecule has 0 bridgehead atoms. The van der Waals surface area contributed by atoms with Crippen molar-refractivity contribution in [2.24, 2.45) is 0 Å². The molecule has 1 aliphatic rings. The maximum absolute atomic E-state index is 13.6. The van der Waals surface area contributed by atoms with Gasteiger partial charge in [0.1, 0.15) is 11.9 Å². The second-order valence-corrected chi connectivity index (χ2v) is 8.36. The van der Waals surface area contributed by atoms with Crippen molar-refractivity contribution in [3.05, 3.63) is 83.8 Å². The second-order valence-electron chi connectivity index (χ2n) is 8.36. The van der Waals surface area contributed by atoms with Crippen molar-refractivity contribution < 1.29 is 19.0 Å². The fraction of sp³-hybridized carbons (Fsp3) is 0.259. The number of ether oxygens (including phenoxy) is 1. The summed E-state index contributed by atoms with van der Waals surface area (Å²) >= 11 is 0. The zero-order valence-electron chi connectivity index (χ0n) is 18.2. The Morgan fingerprint density at radius 3 is 2.47 bits per heavy atom. The van der Waals surface area contributed by atoms with Crippen molar-refractivity contribution in [1.29, 1.82) is 0 Å². The Bertz CT molecular complexity index is 1120. The van der Waals surface area contributed by atoms with Crippen LogP contribution in [0.4, 0.5) is 4.39 Å². The number of aromatic nitrogens is 1. The Morgan fingerprint density at radius 2 is 1.81 bits per heavy atom. The van der Waals surface area contributed by atoms with Gasteiger partial charge in [-0.2, -0.15) is 0 Å². The van der Waals surface area contributed by atoms with E-state index in [9.17, 15) is 14.3 Å². The standard InChI is InChI=1S/C27H26FNO3/c1-17(2)27-23(13-12-22-14-21(30)15-26(31)32-22)24(18-8-10-20(28)11-9-18)16-25(29-27)19-6-4-3-5-7-19/h3-13,16-17,21-22,30H,14-15H2,1-2H3/b13-12+/t21-,22-/m0/s1. The molecule has 1 aliphatic heterocycles. The Morgan fingerprint density at radius 1 is 1.09 bits per heavy atom. The zero-order chi connectivity index (χ0) is 22.7. The van der Waals surface area contributed by atoms with E-state index in [2.05, 4.69) is 13.8 Å². The molecule has 1 aromatic heterocycles. The van der Waals surface area contributed by atoms with E-state index in [0.717, 1.165) is 33.6 Å². The van der Waals surface area contributed by atoms with E-state index in [1.807, 2.05) is 42.5 Å². The summed E-state index contributed by atoms with van der Waals surface area (Å²) in [4.78, 5) is 16.7. The predicted octanol–water partition coefficient (Wildman–Crippen LogP) is 5.76. The third kappa shape index (κ3) is 4.94. The Labute approximate surface area is 187 Å². The topological polar surface area (TPSA) is 59.4 Å². The first-order valence-electron chi connectivity index (χ1n) is 10.8. The van der Waals surface area contributed by atoms with Gasteiger partial charge in [-0.3, -0.25) is 9.78 Å². The molecule has 3 aromatic rings. The summed E-state index contributed by atoms with van der Waals surface area (Å²) in [5.74, 6) is -0.578. The molecular weight excluding hydrogens is 405 g/mol. The summed E-state index contributed by atoms with van der Waals surface area (Å²) in [6, 6.07) is 18.3. The number of pyridine rings is 1. The minimum atomic E-state index is -0.703. The number of aliphatic hydroxyl groups is 1. The molecule has 1 fully saturated rings. The van der Waals surface area contributed by atoms with Gasteiger partial charge in [0, 0.05) is 17.5 Å². The van der Waals surface area contributed by atoms with Gasteiger partial charge in [0.15, 0.2) is 0 Å². The van der Waals surface area contributed by atoms with Crippen LogP contribution < -0.4 is 0 Å². The number of hydrogen-bond acceptors (Lipinski definition) is 4. The lowest BCUT2D eigenvalue weighted by molar-refractivity contribution is -0.156. The Hall–Kier alpha value is -3.31. The molecule has 0 amide bonds. The smallest absolute Gasteiger partial charge is 0.309 e. The Kier molecular flexibility index (Phi) is 6.47. The van der Waals surface area contributed by atoms with Crippen LogP contribution in [-0.2, 0) is 9.53 Å². The van der Waals surface area contributed by atoms with Crippen molar-refractivity contribution in [3.63, 3.8) is 0 Å². The van der Waals surface area contributed by atoms with Crippen LogP contribution in [-0.4, -0.2) is 28.3 Å². The summed E-state index contributed by atoms with van der Waals surface area (Å²) in [5, 5.41) is 9.93. The maximum atomic E-state index is 13.6. The van der Waals surface area contributed by atoms with Crippen LogP contribution in [0, 0.1) is 5.82 Å². The molecule has 4 nitrogen and oxygen atoms in total. The normalized spacial score (nSPS) is 18.8. The summed E-state index contributed by atoms with van der Waals surface area (Å²) in [6.07, 6.45) is 2.90. The van der Waals surface area contributed by atoms with Crippen molar-refractivity contribution >= 4 is 12.0 Å². The van der Waals surface area contributed by atoms with Gasteiger partial charge in [-0.15, -0.1) is 0 Å². The second kappa shape index (κ2) is 9.45. The van der Waals surface area contributed by atoms with E-state index in [4.69, 9.17) is 9.72 Å². The molecule has 1 N–H and O–H groups in total. The number of cyclic esters (lactones) is 1. The number of carbonyl (C=O) groups excluding carboxylic acids is 1. The van der Waals surface area contributed by atoms with Crippen LogP contribution in [0.5, 0.6) is 0 Å². The van der Waals surface area contributed by atoms with Gasteiger partial charge < -0.3 is 9.84 Å². The van der Waals surface area contributed by atoms with Crippen LogP contribution in [0.1, 0.15) is 43.9 Å². The number of halogens is 1. The molecule has 2 atom stereocenters. The van der Waals surface area contributed by atoms with E-state index in [1.165, 1.54) is 12.1 Å². The highest BCUT2D eigenvalue weighted by Crippen LogP contribution is 2.34. The van der Waals surface area contributed by atoms with Crippen LogP contribution >= 0.6 is 0 Å². The number of rotatable bonds is 5. The lowest BCUT2D eigenvalue weighted by Gasteiger charge is -2.24. The molecule has 4 rings (SSSR count). The quantitative estimate of drug-likeness (QED) is 0.522. The van der Waals surface area contributed by atoms with Crippen molar-refractivity contribution in [2.75, 3.05) is 0 Å². The third-order valence-corrected chi connectivity index (χ3v) is 5.53. The van der Waals surface area contributed by atoms with E-state index in [1.54, 1.807) is 18.2 Å². The lowest BCUT2D eigenvalue weighted by Crippen LogP contribution is -2.31. The molecule has 0 spiro atoms. The van der Waals surface area contributed by atoms with E-state index >= 15 is 0 Å². The fourth-order valence-electron chi connectivity index (χ4n) is 3.95. The van der Waals surface area contributed by atoms with Gasteiger partial charge in [0.05, 0.1) is 23.9 Å². The molecule has 0 radical (unpaired) electrons. The number of esters is 1. The molecule has 0 aliphatic carbocycles. The monoisotopic (exact) mass is 431 g/mol. The highest BCUT2D eigenvalue weighted by atomic mass is 19.1. The van der Waals surface area contributed by atoms with Gasteiger partial charge >= 0.3 is 5.97 Å². The van der Waals surface area contributed by atoms with Crippen LogP contribution in [0.3, 0.4) is 0 Å². The van der Waals surface area contributed by atoms with Crippen LogP contribution in [0.25, 0.3) is 28.5 Å². The summed E-state index contributed by atoms with van der Waals surface area (Å²) < 4.78 is 19.0. The molecule has 5 heteroatoms. The molecule has 0 saturated carbocycles. The maximum Gasteiger partial charge on any atom is 0.309 e. The number of carbonyl (C=O) groups is 1. The minimum Gasteiger partial charge on any atom is -0.458 e. The lowest BCUT2D eigenvalue weighted by atomic mass is 9.91. The van der Waals surface area contributed by atoms with Gasteiger partial charge in [-0.05, 0) is 41.3 Å². The van der Waals surface area contributed by atoms with Crippen molar-refractivity contribution in [3.8, 4) is 22.4 Å². The van der Waals surface area contributed by atoms with E-state index < -0.39 is 18.2 Å². The number of nitrogens with zero attached hydrogens (tertiary/aromatic N) is 1. The van der Waals surface area contributed by atoms with Crippen molar-refractivity contribution in [1.82, 2.24) is 4.98 Å². The van der Waals surface area contributed by atoms with Crippen LogP contribution in [0.2, 0.25) is 0 Å². The zero-order valence-corrected chi connectivity index (χ0v) is 18.2. The van der Waals surface area contributed by atoms with E-state index in [0.29, 0.717) is 6.42 Å². The SMILES string of the molecule is CC(C)c1nc(-c2ccccc2)cc(-c2ccc(F)cc2)c1/C=C/[C@H]1C[C@H](O)CC(=O)O1. The molecule has 164 valence electrons. The van der Waals surface area contributed by atoms with Crippen molar-refractivity contribution in [2.45, 2.75) is 44.8 Å². The highest BCUT2D eigenvalue weighted by molar-refractivity contribution is 5.81. The molecule has 32 heavy (non-hydrogen) atoms. The fourth-order valence-corrected chi connectivity index (χ4v) is 3.95. The van der Waals surface area contributed by atoms with E-state index in [-0.39, 0.29) is 18.2 Å². The largest absolute Gasteiger partial charge is 0.458 e. The summed E-state index contributed by atoms with van der Waals surface area (Å²) in [6.45, 7) is 4.15. The molecule has 2 heterocycles. The van der Waals surface area contributed by atoms with Gasteiger partial charge in [-0.1, -0.05) is 62.4 Å².